The molecule has 0 aliphatic rings. The molecule has 0 aromatic rings. The summed E-state index contributed by atoms with van der Waals surface area (Å²) in [6, 6.07) is 0. The first-order chi connectivity index (χ1) is 4.18. The van der Waals surface area contributed by atoms with Gasteiger partial charge in [-0.05, 0) is 13.8 Å². The Morgan fingerprint density at radius 1 is 1.56 bits per heavy atom. The minimum absolute atomic E-state index is 0.0987. The second-order valence-corrected chi connectivity index (χ2v) is 4.30. The lowest BCUT2D eigenvalue weighted by Gasteiger charge is -2.12. The van der Waals surface area contributed by atoms with Gasteiger partial charge in [0.1, 0.15) is 11.0 Å². The quantitative estimate of drug-likeness (QED) is 0.549. The number of rotatable bonds is 4. The van der Waals surface area contributed by atoms with Crippen molar-refractivity contribution in [1.29, 1.82) is 0 Å². The Morgan fingerprint density at radius 3 is 2.44 bits per heavy atom. The van der Waals surface area contributed by atoms with Crippen LogP contribution in [-0.4, -0.2) is 22.2 Å². The summed E-state index contributed by atoms with van der Waals surface area (Å²) < 4.78 is 10.9. The molecule has 0 aliphatic carbocycles. The maximum atomic E-state index is 10.9. The van der Waals surface area contributed by atoms with E-state index in [-0.39, 0.29) is 11.9 Å². The molecule has 0 N–H and O–H groups in total. The molecule has 55 valence electrons. The molecule has 2 nitrogen and oxygen atoms in total. The molecule has 1 radical (unpaired) electrons. The van der Waals surface area contributed by atoms with Crippen LogP contribution in [0.4, 0.5) is 0 Å². The van der Waals surface area contributed by atoms with Gasteiger partial charge in [-0.3, -0.25) is 0 Å². The molecule has 0 spiro atoms. The number of hydrogen-bond donors (Lipinski definition) is 0. The molecule has 9 heavy (non-hydrogen) atoms. The third-order valence-electron chi connectivity index (χ3n) is 1.02. The van der Waals surface area contributed by atoms with Crippen molar-refractivity contribution in [2.24, 2.45) is 0 Å². The second-order valence-electron chi connectivity index (χ2n) is 2.19. The lowest BCUT2D eigenvalue weighted by molar-refractivity contribution is 0.194. The maximum Gasteiger partial charge on any atom is 0.110 e. The summed E-state index contributed by atoms with van der Waals surface area (Å²) in [6.45, 7) is 3.71. The topological polar surface area (TPSA) is 43.0 Å². The predicted molar refractivity (Wildman–Crippen MR) is 38.3 cm³/mol. The van der Waals surface area contributed by atoms with Gasteiger partial charge in [-0.25, -0.2) is 5.11 Å². The van der Waals surface area contributed by atoms with Gasteiger partial charge >= 0.3 is 0 Å². The SMILES string of the molecule is CC(C)[S+]([O-])CCC[O]. The van der Waals surface area contributed by atoms with E-state index < -0.39 is 11.2 Å². The standard InChI is InChI=1S/C6H13O2S/c1-6(2)9(8)5-3-4-7/h6H,3-5H2,1-2H3. The highest BCUT2D eigenvalue weighted by molar-refractivity contribution is 7.91. The van der Waals surface area contributed by atoms with E-state index in [4.69, 9.17) is 0 Å². The van der Waals surface area contributed by atoms with Crippen LogP contribution < -0.4 is 0 Å². The van der Waals surface area contributed by atoms with Crippen LogP contribution >= 0.6 is 0 Å². The second kappa shape index (κ2) is 5.09. The van der Waals surface area contributed by atoms with Crippen molar-refractivity contribution in [2.45, 2.75) is 25.5 Å². The van der Waals surface area contributed by atoms with Crippen molar-refractivity contribution in [2.75, 3.05) is 12.4 Å². The van der Waals surface area contributed by atoms with Gasteiger partial charge < -0.3 is 4.55 Å². The molecule has 0 saturated carbocycles. The summed E-state index contributed by atoms with van der Waals surface area (Å²) >= 11 is -0.772. The third kappa shape index (κ3) is 4.75. The van der Waals surface area contributed by atoms with Crippen LogP contribution in [0.3, 0.4) is 0 Å². The van der Waals surface area contributed by atoms with Crippen molar-refractivity contribution in [3.05, 3.63) is 0 Å². The van der Waals surface area contributed by atoms with Gasteiger partial charge in [-0.2, -0.15) is 0 Å². The van der Waals surface area contributed by atoms with Crippen LogP contribution in [-0.2, 0) is 16.3 Å². The molecule has 0 heterocycles. The zero-order valence-corrected chi connectivity index (χ0v) is 6.74. The molecular formula is C6H13O2S. The minimum atomic E-state index is -0.772. The van der Waals surface area contributed by atoms with E-state index in [2.05, 4.69) is 0 Å². The van der Waals surface area contributed by atoms with Gasteiger partial charge in [0.05, 0.1) is 6.61 Å². The fourth-order valence-electron chi connectivity index (χ4n) is 0.437. The normalized spacial score (nSPS) is 14.3. The van der Waals surface area contributed by atoms with Gasteiger partial charge in [-0.1, -0.05) is 11.2 Å². The van der Waals surface area contributed by atoms with Crippen LogP contribution in [0.5, 0.6) is 0 Å². The first-order valence-electron chi connectivity index (χ1n) is 3.13. The molecule has 3 heteroatoms. The molecule has 0 bridgehead atoms. The molecule has 0 saturated heterocycles. The van der Waals surface area contributed by atoms with Crippen LogP contribution in [0.1, 0.15) is 20.3 Å². The molecular weight excluding hydrogens is 136 g/mol. The minimum Gasteiger partial charge on any atom is -0.616 e. The van der Waals surface area contributed by atoms with Gasteiger partial charge in [0.2, 0.25) is 0 Å². The monoisotopic (exact) mass is 149 g/mol. The number of hydrogen-bond acceptors (Lipinski definition) is 1. The van der Waals surface area contributed by atoms with Gasteiger partial charge in [-0.15, -0.1) is 0 Å². The Kier molecular flexibility index (Phi) is 5.24. The highest BCUT2D eigenvalue weighted by Crippen LogP contribution is 2.01. The van der Waals surface area contributed by atoms with Crippen molar-refractivity contribution < 1.29 is 9.66 Å². The van der Waals surface area contributed by atoms with Crippen LogP contribution in [0.2, 0.25) is 0 Å². The Hall–Kier alpha value is 0.270. The Balaban J connectivity index is 3.16. The maximum absolute atomic E-state index is 10.9. The van der Waals surface area contributed by atoms with E-state index in [1.165, 1.54) is 0 Å². The summed E-state index contributed by atoms with van der Waals surface area (Å²) in [5, 5.41) is 10.1. The first kappa shape index (κ1) is 9.27. The molecule has 0 amide bonds. The Morgan fingerprint density at radius 2 is 2.11 bits per heavy atom. The smallest absolute Gasteiger partial charge is 0.110 e. The van der Waals surface area contributed by atoms with Gasteiger partial charge in [0.25, 0.3) is 0 Å². The van der Waals surface area contributed by atoms with Gasteiger partial charge in [0, 0.05) is 6.42 Å². The van der Waals surface area contributed by atoms with Crippen LogP contribution in [0.25, 0.3) is 0 Å². The van der Waals surface area contributed by atoms with Crippen molar-refractivity contribution in [3.8, 4) is 0 Å². The Labute approximate surface area is 59.5 Å². The van der Waals surface area contributed by atoms with E-state index in [1.807, 2.05) is 13.8 Å². The summed E-state index contributed by atoms with van der Waals surface area (Å²) in [4.78, 5) is 0. The van der Waals surface area contributed by atoms with E-state index in [0.29, 0.717) is 12.2 Å². The zero-order valence-electron chi connectivity index (χ0n) is 5.92. The lowest BCUT2D eigenvalue weighted by Crippen LogP contribution is -2.18. The molecule has 1 atom stereocenters. The van der Waals surface area contributed by atoms with Crippen molar-refractivity contribution in [3.63, 3.8) is 0 Å². The summed E-state index contributed by atoms with van der Waals surface area (Å²) in [6.07, 6.45) is 0.546. The van der Waals surface area contributed by atoms with E-state index in [1.54, 1.807) is 0 Å². The highest BCUT2D eigenvalue weighted by Gasteiger charge is 2.09. The van der Waals surface area contributed by atoms with Crippen LogP contribution in [0.15, 0.2) is 0 Å². The summed E-state index contributed by atoms with van der Waals surface area (Å²) in [5.41, 5.74) is 0. The average Bonchev–Trinajstić information content (AvgIpc) is 1.82. The van der Waals surface area contributed by atoms with E-state index in [0.717, 1.165) is 0 Å². The third-order valence-corrected chi connectivity index (χ3v) is 2.76. The average molecular weight is 149 g/mol. The summed E-state index contributed by atoms with van der Waals surface area (Å²) in [7, 11) is 0. The predicted octanol–water partition coefficient (Wildman–Crippen LogP) is 0.964. The molecule has 0 aromatic carbocycles. The van der Waals surface area contributed by atoms with Gasteiger partial charge in [0.15, 0.2) is 0 Å². The Bertz CT molecular complexity index is 66.1. The highest BCUT2D eigenvalue weighted by atomic mass is 32.2. The van der Waals surface area contributed by atoms with Crippen LogP contribution in [0, 0.1) is 0 Å². The fourth-order valence-corrected chi connectivity index (χ4v) is 1.31. The van der Waals surface area contributed by atoms with E-state index in [9.17, 15) is 9.66 Å². The van der Waals surface area contributed by atoms with E-state index >= 15 is 0 Å². The fraction of sp³-hybridized carbons (Fsp3) is 1.00. The van der Waals surface area contributed by atoms with Crippen molar-refractivity contribution >= 4 is 11.2 Å². The molecule has 0 aromatic heterocycles. The summed E-state index contributed by atoms with van der Waals surface area (Å²) in [5.74, 6) is 0.571. The zero-order chi connectivity index (χ0) is 7.28. The van der Waals surface area contributed by atoms with Crippen molar-refractivity contribution in [1.82, 2.24) is 0 Å². The lowest BCUT2D eigenvalue weighted by atomic mass is 10.5. The molecule has 1 unspecified atom stereocenters. The molecule has 0 aliphatic heterocycles. The molecule has 0 fully saturated rings. The molecule has 0 rings (SSSR count). The first-order valence-corrected chi connectivity index (χ1v) is 4.52. The largest absolute Gasteiger partial charge is 0.616 e.